The Morgan fingerprint density at radius 1 is 1.50 bits per heavy atom. The number of hydrogen-bond donors (Lipinski definition) is 1. The number of nitrogens with zero attached hydrogens (tertiary/aromatic N) is 1. The lowest BCUT2D eigenvalue weighted by atomic mass is 10.1. The van der Waals surface area contributed by atoms with E-state index in [0.717, 1.165) is 35.4 Å². The van der Waals surface area contributed by atoms with E-state index in [9.17, 15) is 4.79 Å². The van der Waals surface area contributed by atoms with Gasteiger partial charge >= 0.3 is 0 Å². The second-order valence-electron chi connectivity index (χ2n) is 5.23. The quantitative estimate of drug-likeness (QED) is 0.940. The molecule has 6 heteroatoms. The lowest BCUT2D eigenvalue weighted by molar-refractivity contribution is -0.124. The van der Waals surface area contributed by atoms with Gasteiger partial charge in [0.2, 0.25) is 0 Å². The number of ether oxygens (including phenoxy) is 2. The van der Waals surface area contributed by atoms with Gasteiger partial charge in [-0.1, -0.05) is 11.6 Å². The van der Waals surface area contributed by atoms with Crippen molar-refractivity contribution in [3.8, 4) is 17.0 Å². The van der Waals surface area contributed by atoms with Crippen LogP contribution in [-0.2, 0) is 9.53 Å². The number of hydrogen-bond acceptors (Lipinski definition) is 5. The average Bonchev–Trinajstić information content (AvgIpc) is 3.18. The third-order valence-electron chi connectivity index (χ3n) is 3.59. The summed E-state index contributed by atoms with van der Waals surface area (Å²) in [6.45, 7) is 2.68. The Morgan fingerprint density at radius 2 is 2.36 bits per heavy atom. The third kappa shape index (κ3) is 3.13. The minimum atomic E-state index is -0.346. The number of benzene rings is 1. The summed E-state index contributed by atoms with van der Waals surface area (Å²) in [5.74, 6) is 0.655. The summed E-state index contributed by atoms with van der Waals surface area (Å²) in [6.07, 6.45) is 1.36. The molecule has 0 unspecified atom stereocenters. The van der Waals surface area contributed by atoms with Crippen LogP contribution in [0.15, 0.2) is 23.6 Å². The minimum absolute atomic E-state index is 0.116. The monoisotopic (exact) mass is 318 g/mol. The number of nitrogens with one attached hydrogen (secondary N) is 1. The Balaban J connectivity index is 1.79. The zero-order chi connectivity index (χ0) is 15.5. The van der Waals surface area contributed by atoms with Gasteiger partial charge in [-0.15, -0.1) is 11.3 Å². The molecule has 3 rings (SSSR count). The Labute approximate surface area is 133 Å². The number of aromatic nitrogens is 1. The van der Waals surface area contributed by atoms with Gasteiger partial charge in [-0.25, -0.2) is 4.98 Å². The fraction of sp³-hybridized carbons (Fsp3) is 0.375. The maximum absolute atomic E-state index is 12.0. The SMILES string of the molecule is COc1ccc(C)cc1-c1csc(NC(=O)[C@H]2CCCO2)n1. The van der Waals surface area contributed by atoms with E-state index in [1.54, 1.807) is 7.11 Å². The predicted molar refractivity (Wildman–Crippen MR) is 86.4 cm³/mol. The normalized spacial score (nSPS) is 17.5. The van der Waals surface area contributed by atoms with Crippen molar-refractivity contribution < 1.29 is 14.3 Å². The number of carbonyl (C=O) groups excluding carboxylic acids is 1. The first-order valence-corrected chi connectivity index (χ1v) is 8.08. The molecule has 116 valence electrons. The molecule has 1 aromatic heterocycles. The van der Waals surface area contributed by atoms with E-state index in [-0.39, 0.29) is 12.0 Å². The van der Waals surface area contributed by atoms with Crippen molar-refractivity contribution in [3.05, 3.63) is 29.1 Å². The standard InChI is InChI=1S/C16H18N2O3S/c1-10-5-6-13(20-2)11(8-10)12-9-22-16(17-12)18-15(19)14-4-3-7-21-14/h5-6,8-9,14H,3-4,7H2,1-2H3,(H,17,18,19)/t14-/m1/s1. The Hall–Kier alpha value is -1.92. The first kappa shape index (κ1) is 15.0. The molecule has 2 aromatic rings. The van der Waals surface area contributed by atoms with Crippen LogP contribution in [0.1, 0.15) is 18.4 Å². The molecule has 1 amide bonds. The molecule has 1 aromatic carbocycles. The molecule has 1 saturated heterocycles. The molecule has 1 atom stereocenters. The summed E-state index contributed by atoms with van der Waals surface area (Å²) in [6, 6.07) is 5.95. The molecule has 1 aliphatic rings. The topological polar surface area (TPSA) is 60.5 Å². The number of anilines is 1. The summed E-state index contributed by atoms with van der Waals surface area (Å²) < 4.78 is 10.8. The zero-order valence-electron chi connectivity index (χ0n) is 12.6. The Kier molecular flexibility index (Phi) is 4.40. The molecular formula is C16H18N2O3S. The average molecular weight is 318 g/mol. The summed E-state index contributed by atoms with van der Waals surface area (Å²) in [4.78, 5) is 16.5. The van der Waals surface area contributed by atoms with Gasteiger partial charge in [-0.05, 0) is 31.9 Å². The lowest BCUT2D eigenvalue weighted by Gasteiger charge is -2.08. The van der Waals surface area contributed by atoms with E-state index in [1.165, 1.54) is 11.3 Å². The van der Waals surface area contributed by atoms with Crippen LogP contribution in [-0.4, -0.2) is 30.7 Å². The highest BCUT2D eigenvalue weighted by Gasteiger charge is 2.24. The largest absolute Gasteiger partial charge is 0.496 e. The number of amides is 1. The summed E-state index contributed by atoms with van der Waals surface area (Å²) in [5.41, 5.74) is 2.86. The number of methoxy groups -OCH3 is 1. The van der Waals surface area contributed by atoms with Gasteiger partial charge < -0.3 is 9.47 Å². The lowest BCUT2D eigenvalue weighted by Crippen LogP contribution is -2.26. The number of thiazole rings is 1. The van der Waals surface area contributed by atoms with Gasteiger partial charge in [0.25, 0.3) is 5.91 Å². The molecule has 22 heavy (non-hydrogen) atoms. The maximum atomic E-state index is 12.0. The van der Waals surface area contributed by atoms with E-state index in [1.807, 2.05) is 30.5 Å². The second-order valence-corrected chi connectivity index (χ2v) is 6.09. The van der Waals surface area contributed by atoms with Gasteiger partial charge in [-0.2, -0.15) is 0 Å². The first-order valence-electron chi connectivity index (χ1n) is 7.20. The molecule has 0 spiro atoms. The van der Waals surface area contributed by atoms with Gasteiger partial charge in [0.15, 0.2) is 5.13 Å². The molecule has 0 aliphatic carbocycles. The van der Waals surface area contributed by atoms with Crippen molar-refractivity contribution in [2.75, 3.05) is 19.0 Å². The van der Waals surface area contributed by atoms with Gasteiger partial charge in [0.1, 0.15) is 11.9 Å². The van der Waals surface area contributed by atoms with Crippen LogP contribution in [0.3, 0.4) is 0 Å². The van der Waals surface area contributed by atoms with E-state index >= 15 is 0 Å². The zero-order valence-corrected chi connectivity index (χ0v) is 13.4. The highest BCUT2D eigenvalue weighted by atomic mass is 32.1. The van der Waals surface area contributed by atoms with Crippen LogP contribution in [0.5, 0.6) is 5.75 Å². The van der Waals surface area contributed by atoms with E-state index in [2.05, 4.69) is 10.3 Å². The highest BCUT2D eigenvalue weighted by molar-refractivity contribution is 7.14. The van der Waals surface area contributed by atoms with Crippen molar-refractivity contribution in [3.63, 3.8) is 0 Å². The van der Waals surface area contributed by atoms with Crippen LogP contribution in [0.4, 0.5) is 5.13 Å². The van der Waals surface area contributed by atoms with Crippen molar-refractivity contribution in [1.82, 2.24) is 4.98 Å². The van der Waals surface area contributed by atoms with Crippen LogP contribution < -0.4 is 10.1 Å². The second kappa shape index (κ2) is 6.46. The molecular weight excluding hydrogens is 300 g/mol. The van der Waals surface area contributed by atoms with Crippen LogP contribution in [0, 0.1) is 6.92 Å². The van der Waals surface area contributed by atoms with E-state index in [0.29, 0.717) is 11.7 Å². The number of carbonyl (C=O) groups is 1. The molecule has 0 saturated carbocycles. The fourth-order valence-electron chi connectivity index (χ4n) is 2.45. The van der Waals surface area contributed by atoms with Crippen LogP contribution in [0.2, 0.25) is 0 Å². The van der Waals surface area contributed by atoms with Crippen molar-refractivity contribution in [2.45, 2.75) is 25.9 Å². The summed E-state index contributed by atoms with van der Waals surface area (Å²) in [7, 11) is 1.64. The molecule has 1 N–H and O–H groups in total. The van der Waals surface area contributed by atoms with Crippen molar-refractivity contribution in [1.29, 1.82) is 0 Å². The van der Waals surface area contributed by atoms with Gasteiger partial charge in [0.05, 0.1) is 12.8 Å². The molecule has 0 bridgehead atoms. The predicted octanol–water partition coefficient (Wildman–Crippen LogP) is 3.24. The van der Waals surface area contributed by atoms with Crippen molar-refractivity contribution >= 4 is 22.4 Å². The smallest absolute Gasteiger partial charge is 0.255 e. The Morgan fingerprint density at radius 3 is 3.09 bits per heavy atom. The molecule has 2 heterocycles. The van der Waals surface area contributed by atoms with Crippen molar-refractivity contribution in [2.24, 2.45) is 0 Å². The first-order chi connectivity index (χ1) is 10.7. The number of rotatable bonds is 4. The third-order valence-corrected chi connectivity index (χ3v) is 4.35. The summed E-state index contributed by atoms with van der Waals surface area (Å²) >= 11 is 1.40. The minimum Gasteiger partial charge on any atom is -0.496 e. The van der Waals surface area contributed by atoms with Gasteiger partial charge in [-0.3, -0.25) is 10.1 Å². The Bertz CT molecular complexity index is 678. The van der Waals surface area contributed by atoms with E-state index < -0.39 is 0 Å². The van der Waals surface area contributed by atoms with Crippen LogP contribution >= 0.6 is 11.3 Å². The van der Waals surface area contributed by atoms with Crippen LogP contribution in [0.25, 0.3) is 11.3 Å². The molecule has 1 fully saturated rings. The highest BCUT2D eigenvalue weighted by Crippen LogP contribution is 2.33. The van der Waals surface area contributed by atoms with Gasteiger partial charge in [0, 0.05) is 17.6 Å². The molecule has 5 nitrogen and oxygen atoms in total. The maximum Gasteiger partial charge on any atom is 0.255 e. The fourth-order valence-corrected chi connectivity index (χ4v) is 3.16. The molecule has 1 aliphatic heterocycles. The van der Waals surface area contributed by atoms with E-state index in [4.69, 9.17) is 9.47 Å². The summed E-state index contributed by atoms with van der Waals surface area (Å²) in [5, 5.41) is 5.33. The molecule has 0 radical (unpaired) electrons. The number of aryl methyl sites for hydroxylation is 1.